The van der Waals surface area contributed by atoms with Gasteiger partial charge in [0.05, 0.1) is 12.8 Å². The molecule has 2 aromatic carbocycles. The highest BCUT2D eigenvalue weighted by Crippen LogP contribution is 2.19. The van der Waals surface area contributed by atoms with E-state index in [0.717, 1.165) is 10.0 Å². The van der Waals surface area contributed by atoms with Gasteiger partial charge < -0.3 is 9.26 Å². The fourth-order valence-corrected chi connectivity index (χ4v) is 3.30. The molecular weight excluding hydrogens is 466 g/mol. The quantitative estimate of drug-likeness (QED) is 0.378. The summed E-state index contributed by atoms with van der Waals surface area (Å²) in [5, 5.41) is 12.1. The van der Waals surface area contributed by atoms with Crippen LogP contribution in [0.4, 0.5) is 0 Å². The number of hydrogen-bond acceptors (Lipinski definition) is 8. The first-order chi connectivity index (χ1) is 15.1. The van der Waals surface area contributed by atoms with Crippen LogP contribution in [0.1, 0.15) is 5.89 Å². The second-order valence-electron chi connectivity index (χ2n) is 6.57. The highest BCUT2D eigenvalue weighted by Gasteiger charge is 2.16. The molecule has 0 spiro atoms. The lowest BCUT2D eigenvalue weighted by Crippen LogP contribution is -2.21. The minimum atomic E-state index is -0.354. The largest absolute Gasteiger partial charge is 0.497 e. The molecule has 0 amide bonds. The summed E-state index contributed by atoms with van der Waals surface area (Å²) in [5.41, 5.74) is 1.66. The first kappa shape index (κ1) is 19.1. The average molecular weight is 480 g/mol. The van der Waals surface area contributed by atoms with E-state index < -0.39 is 0 Å². The molecule has 0 saturated carbocycles. The first-order valence-corrected chi connectivity index (χ1v) is 9.95. The van der Waals surface area contributed by atoms with E-state index in [2.05, 4.69) is 41.4 Å². The second-order valence-corrected chi connectivity index (χ2v) is 7.48. The molecular formula is C20H14BrN7O3. The predicted molar refractivity (Wildman–Crippen MR) is 114 cm³/mol. The number of rotatable bonds is 5. The molecule has 3 heterocycles. The fraction of sp³-hybridized carbons (Fsp3) is 0.100. The Morgan fingerprint density at radius 2 is 1.87 bits per heavy atom. The molecule has 0 saturated heterocycles. The van der Waals surface area contributed by atoms with Crippen molar-refractivity contribution in [2.45, 2.75) is 6.54 Å². The van der Waals surface area contributed by atoms with E-state index in [9.17, 15) is 4.79 Å². The Morgan fingerprint density at radius 3 is 2.61 bits per heavy atom. The average Bonchev–Trinajstić information content (AvgIpc) is 3.44. The fourth-order valence-electron chi connectivity index (χ4n) is 3.03. The standard InChI is InChI=1S/C20H14BrN7O3/c1-30-15-8-6-14(7-9-15)28-19-17(24-26-28)20(29)27(11-22-19)10-16-23-18(25-31-16)12-2-4-13(21)5-3-12/h2-9,11H,10H2,1H3. The highest BCUT2D eigenvalue weighted by atomic mass is 79.9. The topological polar surface area (TPSA) is 114 Å². The van der Waals surface area contributed by atoms with Crippen molar-refractivity contribution in [2.24, 2.45) is 0 Å². The minimum absolute atomic E-state index is 0.0701. The molecule has 3 aromatic heterocycles. The Balaban J connectivity index is 1.44. The SMILES string of the molecule is COc1ccc(-n2nnc3c(=O)n(Cc4nc(-c5ccc(Br)cc5)no4)cnc32)cc1. The van der Waals surface area contributed by atoms with Crippen LogP contribution in [-0.4, -0.2) is 41.8 Å². The van der Waals surface area contributed by atoms with Crippen molar-refractivity contribution in [1.82, 2.24) is 34.7 Å². The van der Waals surface area contributed by atoms with Crippen molar-refractivity contribution in [3.05, 3.63) is 75.6 Å². The number of halogens is 1. The van der Waals surface area contributed by atoms with Crippen LogP contribution in [0.25, 0.3) is 28.2 Å². The van der Waals surface area contributed by atoms with Crippen molar-refractivity contribution in [3.8, 4) is 22.8 Å². The zero-order valence-electron chi connectivity index (χ0n) is 16.1. The summed E-state index contributed by atoms with van der Waals surface area (Å²) in [4.78, 5) is 21.6. The zero-order valence-corrected chi connectivity index (χ0v) is 17.7. The van der Waals surface area contributed by atoms with Gasteiger partial charge >= 0.3 is 0 Å². The summed E-state index contributed by atoms with van der Waals surface area (Å²) in [6.45, 7) is 0.0701. The Hall–Kier alpha value is -3.86. The van der Waals surface area contributed by atoms with Gasteiger partial charge in [-0.3, -0.25) is 9.36 Å². The predicted octanol–water partition coefficient (Wildman–Crippen LogP) is 2.85. The number of nitrogens with zero attached hydrogens (tertiary/aromatic N) is 7. The normalized spacial score (nSPS) is 11.2. The molecule has 5 rings (SSSR count). The third kappa shape index (κ3) is 3.59. The van der Waals surface area contributed by atoms with E-state index in [0.29, 0.717) is 22.9 Å². The van der Waals surface area contributed by atoms with Gasteiger partial charge in [-0.05, 0) is 48.5 Å². The number of ether oxygens (including phenoxy) is 1. The van der Waals surface area contributed by atoms with E-state index in [1.807, 2.05) is 36.4 Å². The van der Waals surface area contributed by atoms with E-state index in [-0.39, 0.29) is 23.5 Å². The lowest BCUT2D eigenvalue weighted by atomic mass is 10.2. The summed E-state index contributed by atoms with van der Waals surface area (Å²) < 4.78 is 14.3. The molecule has 0 unspecified atom stereocenters. The summed E-state index contributed by atoms with van der Waals surface area (Å²) >= 11 is 3.39. The van der Waals surface area contributed by atoms with Gasteiger partial charge in [0.15, 0.2) is 11.2 Å². The van der Waals surface area contributed by atoms with Crippen LogP contribution >= 0.6 is 15.9 Å². The summed E-state index contributed by atoms with van der Waals surface area (Å²) in [7, 11) is 1.59. The molecule has 0 aliphatic rings. The first-order valence-electron chi connectivity index (χ1n) is 9.16. The van der Waals surface area contributed by atoms with Crippen LogP contribution in [0, 0.1) is 0 Å². The number of fused-ring (bicyclic) bond motifs is 1. The molecule has 0 aliphatic heterocycles. The van der Waals surface area contributed by atoms with Crippen LogP contribution in [-0.2, 0) is 6.54 Å². The maximum atomic E-state index is 12.9. The molecule has 0 bridgehead atoms. The zero-order chi connectivity index (χ0) is 21.4. The molecule has 11 heteroatoms. The van der Waals surface area contributed by atoms with Gasteiger partial charge in [0.2, 0.25) is 11.7 Å². The third-order valence-electron chi connectivity index (χ3n) is 4.62. The van der Waals surface area contributed by atoms with Gasteiger partial charge in [-0.1, -0.05) is 26.3 Å². The molecule has 0 N–H and O–H groups in total. The van der Waals surface area contributed by atoms with Crippen LogP contribution in [0.15, 0.2) is 68.6 Å². The maximum absolute atomic E-state index is 12.9. The molecule has 0 radical (unpaired) electrons. The molecule has 0 aliphatic carbocycles. The second kappa shape index (κ2) is 7.76. The van der Waals surface area contributed by atoms with E-state index in [1.165, 1.54) is 15.6 Å². The van der Waals surface area contributed by atoms with E-state index >= 15 is 0 Å². The molecule has 154 valence electrons. The van der Waals surface area contributed by atoms with Gasteiger partial charge in [0, 0.05) is 10.0 Å². The minimum Gasteiger partial charge on any atom is -0.497 e. The summed E-state index contributed by atoms with van der Waals surface area (Å²) in [5.74, 6) is 1.43. The Morgan fingerprint density at radius 1 is 1.10 bits per heavy atom. The third-order valence-corrected chi connectivity index (χ3v) is 5.15. The number of aromatic nitrogens is 7. The maximum Gasteiger partial charge on any atom is 0.284 e. The van der Waals surface area contributed by atoms with Gasteiger partial charge in [-0.15, -0.1) is 5.10 Å². The Bertz CT molecular complexity index is 1420. The molecule has 0 atom stereocenters. The van der Waals surface area contributed by atoms with Crippen molar-refractivity contribution < 1.29 is 9.26 Å². The van der Waals surface area contributed by atoms with Crippen LogP contribution in [0.5, 0.6) is 5.75 Å². The smallest absolute Gasteiger partial charge is 0.284 e. The van der Waals surface area contributed by atoms with Crippen molar-refractivity contribution in [2.75, 3.05) is 7.11 Å². The van der Waals surface area contributed by atoms with Crippen molar-refractivity contribution in [3.63, 3.8) is 0 Å². The highest BCUT2D eigenvalue weighted by molar-refractivity contribution is 9.10. The monoisotopic (exact) mass is 479 g/mol. The van der Waals surface area contributed by atoms with E-state index in [4.69, 9.17) is 9.26 Å². The van der Waals surface area contributed by atoms with Gasteiger partial charge in [-0.2, -0.15) is 9.67 Å². The molecule has 31 heavy (non-hydrogen) atoms. The summed E-state index contributed by atoms with van der Waals surface area (Å²) in [6.07, 6.45) is 1.41. The Kier molecular flexibility index (Phi) is 4.79. The number of benzene rings is 2. The van der Waals surface area contributed by atoms with E-state index in [1.54, 1.807) is 19.2 Å². The van der Waals surface area contributed by atoms with Crippen LogP contribution in [0.3, 0.4) is 0 Å². The van der Waals surface area contributed by atoms with Crippen LogP contribution < -0.4 is 10.3 Å². The van der Waals surface area contributed by atoms with Crippen LogP contribution in [0.2, 0.25) is 0 Å². The molecule has 5 aromatic rings. The lowest BCUT2D eigenvalue weighted by Gasteiger charge is -2.04. The van der Waals surface area contributed by atoms with Crippen molar-refractivity contribution in [1.29, 1.82) is 0 Å². The lowest BCUT2D eigenvalue weighted by molar-refractivity contribution is 0.369. The number of hydrogen-bond donors (Lipinski definition) is 0. The van der Waals surface area contributed by atoms with Gasteiger partial charge in [0.25, 0.3) is 5.56 Å². The number of methoxy groups -OCH3 is 1. The Labute approximate surface area is 183 Å². The van der Waals surface area contributed by atoms with Gasteiger partial charge in [-0.25, -0.2) is 4.98 Å². The van der Waals surface area contributed by atoms with Crippen molar-refractivity contribution >= 4 is 27.1 Å². The van der Waals surface area contributed by atoms with Gasteiger partial charge in [0.1, 0.15) is 18.6 Å². The molecule has 10 nitrogen and oxygen atoms in total. The summed E-state index contributed by atoms with van der Waals surface area (Å²) in [6, 6.07) is 14.7. The molecule has 0 fully saturated rings.